The van der Waals surface area contributed by atoms with Crippen LogP contribution in [-0.4, -0.2) is 15.2 Å². The van der Waals surface area contributed by atoms with Crippen molar-refractivity contribution < 1.29 is 15.2 Å². The first-order valence-electron chi connectivity index (χ1n) is 2.62. The van der Waals surface area contributed by atoms with E-state index in [4.69, 9.17) is 20.4 Å². The van der Waals surface area contributed by atoms with Crippen LogP contribution in [0.3, 0.4) is 0 Å². The molecule has 0 aliphatic carbocycles. The zero-order valence-corrected chi connectivity index (χ0v) is 5.48. The molecule has 1 aromatic rings. The molecular formula is C4H7N3O4. The van der Waals surface area contributed by atoms with Crippen LogP contribution >= 0.6 is 0 Å². The van der Waals surface area contributed by atoms with Gasteiger partial charge in [-0.15, -0.1) is 0 Å². The highest BCUT2D eigenvalue weighted by Crippen LogP contribution is 1.82. The van der Waals surface area contributed by atoms with Crippen LogP contribution in [-0.2, 0) is 6.61 Å². The van der Waals surface area contributed by atoms with Crippen molar-refractivity contribution in [3.63, 3.8) is 0 Å². The number of nitrogens with zero attached hydrogens (tertiary/aromatic N) is 1. The number of aliphatic hydroxyl groups excluding tert-OH is 1. The molecular weight excluding hydrogens is 154 g/mol. The van der Waals surface area contributed by atoms with Crippen molar-refractivity contribution in [3.8, 4) is 0 Å². The Morgan fingerprint density at radius 2 is 2.27 bits per heavy atom. The van der Waals surface area contributed by atoms with Crippen molar-refractivity contribution in [2.45, 2.75) is 6.61 Å². The molecule has 0 atom stereocenters. The van der Waals surface area contributed by atoms with Crippen molar-refractivity contribution in [3.05, 3.63) is 33.5 Å². The van der Waals surface area contributed by atoms with Crippen molar-refractivity contribution >= 4 is 0 Å². The Balaban J connectivity index is 0.000000218. The van der Waals surface area contributed by atoms with Gasteiger partial charge >= 0.3 is 0 Å². The molecule has 0 radical (unpaired) electrons. The van der Waals surface area contributed by atoms with Gasteiger partial charge in [-0.3, -0.25) is 0 Å². The maximum atomic E-state index is 8.38. The molecule has 11 heavy (non-hydrogen) atoms. The maximum absolute atomic E-state index is 8.38. The summed E-state index contributed by atoms with van der Waals surface area (Å²) < 4.78 is 0. The molecule has 0 saturated heterocycles. The normalized spacial score (nSPS) is 8.09. The van der Waals surface area contributed by atoms with E-state index in [1.807, 2.05) is 0 Å². The van der Waals surface area contributed by atoms with Crippen LogP contribution in [0.15, 0.2) is 12.5 Å². The van der Waals surface area contributed by atoms with Crippen LogP contribution in [0, 0.1) is 15.3 Å². The summed E-state index contributed by atoms with van der Waals surface area (Å²) in [5.41, 5.74) is 0.806. The van der Waals surface area contributed by atoms with Crippen molar-refractivity contribution in [2.75, 3.05) is 0 Å². The molecule has 0 fully saturated rings. The van der Waals surface area contributed by atoms with Crippen molar-refractivity contribution in [1.82, 2.24) is 4.98 Å². The fourth-order valence-corrected chi connectivity index (χ4v) is 0.410. The predicted molar refractivity (Wildman–Crippen MR) is 33.6 cm³/mol. The summed E-state index contributed by atoms with van der Waals surface area (Å²) in [6, 6.07) is 0. The highest BCUT2D eigenvalue weighted by Gasteiger charge is 1.91. The third-order valence-electron chi connectivity index (χ3n) is 0.769. The first-order chi connectivity index (χ1) is 5.16. The average molecular weight is 161 g/mol. The summed E-state index contributed by atoms with van der Waals surface area (Å²) >= 11 is 0. The Morgan fingerprint density at radius 1 is 1.73 bits per heavy atom. The smallest absolute Gasteiger partial charge is 0.239 e. The molecule has 1 heterocycles. The number of imidazole rings is 1. The van der Waals surface area contributed by atoms with E-state index in [0.29, 0.717) is 0 Å². The molecule has 0 bridgehead atoms. The minimum absolute atomic E-state index is 0.0729. The minimum atomic E-state index is -1.75. The Kier molecular flexibility index (Phi) is 4.41. The van der Waals surface area contributed by atoms with Crippen LogP contribution < -0.4 is 4.98 Å². The number of hydrogen-bond donors (Lipinski definition) is 2. The van der Waals surface area contributed by atoms with E-state index in [9.17, 15) is 0 Å². The van der Waals surface area contributed by atoms with Gasteiger partial charge in [-0.05, 0) is 0 Å². The Morgan fingerprint density at radius 3 is 2.45 bits per heavy atom. The van der Waals surface area contributed by atoms with E-state index in [1.54, 1.807) is 12.5 Å². The monoisotopic (exact) mass is 161 g/mol. The molecule has 62 valence electrons. The molecule has 0 spiro atoms. The van der Waals surface area contributed by atoms with Gasteiger partial charge in [-0.1, -0.05) is 0 Å². The maximum Gasteiger partial charge on any atom is 0.239 e. The molecule has 0 amide bonds. The summed E-state index contributed by atoms with van der Waals surface area (Å²) in [5, 5.41) is 23.1. The number of hydrogen-bond acceptors (Lipinski definition) is 4. The molecule has 0 unspecified atom stereocenters. The zero-order chi connectivity index (χ0) is 8.69. The Hall–Kier alpha value is -1.63. The largest absolute Gasteiger partial charge is 0.388 e. The van der Waals surface area contributed by atoms with Crippen molar-refractivity contribution in [1.29, 1.82) is 0 Å². The number of aromatic nitrogens is 2. The van der Waals surface area contributed by atoms with Gasteiger partial charge in [-0.2, -0.15) is 0 Å². The van der Waals surface area contributed by atoms with Crippen LogP contribution in [0.4, 0.5) is 0 Å². The van der Waals surface area contributed by atoms with Gasteiger partial charge < -0.3 is 20.4 Å². The fourth-order valence-electron chi connectivity index (χ4n) is 0.410. The van der Waals surface area contributed by atoms with Gasteiger partial charge in [0.05, 0.1) is 5.09 Å². The summed E-state index contributed by atoms with van der Waals surface area (Å²) in [7, 11) is 0. The van der Waals surface area contributed by atoms with Gasteiger partial charge in [-0.25, -0.2) is 9.97 Å². The molecule has 3 N–H and O–H groups in total. The molecule has 1 rings (SSSR count). The predicted octanol–water partition coefficient (Wildman–Crippen LogP) is -0.918. The Bertz CT molecular complexity index is 193. The molecule has 7 nitrogen and oxygen atoms in total. The van der Waals surface area contributed by atoms with Crippen LogP contribution in [0.25, 0.3) is 0 Å². The second-order valence-corrected chi connectivity index (χ2v) is 1.51. The molecule has 1 aromatic heterocycles. The molecule has 0 saturated carbocycles. The number of aromatic amines is 2. The van der Waals surface area contributed by atoms with Crippen LogP contribution in [0.5, 0.6) is 0 Å². The second kappa shape index (κ2) is 5.18. The van der Waals surface area contributed by atoms with Gasteiger partial charge in [0.15, 0.2) is 5.69 Å². The van der Waals surface area contributed by atoms with E-state index in [0.717, 1.165) is 5.69 Å². The van der Waals surface area contributed by atoms with Crippen LogP contribution in [0.1, 0.15) is 5.69 Å². The zero-order valence-electron chi connectivity index (χ0n) is 5.48. The quantitative estimate of drug-likeness (QED) is 0.409. The lowest BCUT2D eigenvalue weighted by molar-refractivity contribution is -0.402. The summed E-state index contributed by atoms with van der Waals surface area (Å²) in [6.07, 6.45) is 3.37. The lowest BCUT2D eigenvalue weighted by Gasteiger charge is -1.74. The fraction of sp³-hybridized carbons (Fsp3) is 0.250. The van der Waals surface area contributed by atoms with E-state index < -0.39 is 5.09 Å². The number of nitrogens with one attached hydrogen (secondary N) is 2. The van der Waals surface area contributed by atoms with Crippen LogP contribution in [0.2, 0.25) is 0 Å². The average Bonchev–Trinajstić information content (AvgIpc) is 2.36. The number of H-pyrrole nitrogens is 2. The number of aliphatic hydroxyl groups is 1. The molecule has 0 aliphatic rings. The molecule has 0 aromatic carbocycles. The summed E-state index contributed by atoms with van der Waals surface area (Å²) in [5.74, 6) is 0. The van der Waals surface area contributed by atoms with E-state index in [2.05, 4.69) is 9.97 Å². The lowest BCUT2D eigenvalue weighted by Crippen LogP contribution is -1.89. The third-order valence-corrected chi connectivity index (χ3v) is 0.769. The first kappa shape index (κ1) is 9.37. The first-order valence-corrected chi connectivity index (χ1v) is 2.62. The van der Waals surface area contributed by atoms with Gasteiger partial charge in [0, 0.05) is 0 Å². The van der Waals surface area contributed by atoms with Gasteiger partial charge in [0.1, 0.15) is 12.8 Å². The lowest BCUT2D eigenvalue weighted by atomic mass is 10.5. The molecule has 0 aliphatic heterocycles. The number of rotatable bonds is 1. The SMILES string of the molecule is O=[N+]([O-])[O-].OCc1c[nH+]c[nH]1. The van der Waals surface area contributed by atoms with E-state index in [1.165, 1.54) is 0 Å². The van der Waals surface area contributed by atoms with E-state index in [-0.39, 0.29) is 6.61 Å². The Labute approximate surface area is 61.4 Å². The summed E-state index contributed by atoms with van der Waals surface area (Å²) in [4.78, 5) is 13.8. The minimum Gasteiger partial charge on any atom is -0.388 e. The third kappa shape index (κ3) is 6.25. The highest BCUT2D eigenvalue weighted by atomic mass is 16.9. The van der Waals surface area contributed by atoms with Crippen molar-refractivity contribution in [2.24, 2.45) is 0 Å². The topological polar surface area (TPSA) is 116 Å². The van der Waals surface area contributed by atoms with E-state index >= 15 is 0 Å². The van der Waals surface area contributed by atoms with Gasteiger partial charge in [0.25, 0.3) is 0 Å². The highest BCUT2D eigenvalue weighted by molar-refractivity contribution is 4.84. The van der Waals surface area contributed by atoms with Gasteiger partial charge in [0.2, 0.25) is 6.33 Å². The standard InChI is InChI=1S/C4H6N2O.NO3/c7-2-4-1-5-3-6-4;2-1(3)4/h1,3,7H,2H2,(H,5,6);/q;-1/p+1. The molecule has 7 heteroatoms. The summed E-state index contributed by atoms with van der Waals surface area (Å²) in [6.45, 7) is 0.0729. The second-order valence-electron chi connectivity index (χ2n) is 1.51.